The third kappa shape index (κ3) is 2.54. The van der Waals surface area contributed by atoms with Crippen molar-refractivity contribution in [1.29, 1.82) is 0 Å². The molecule has 1 heterocycles. The van der Waals surface area contributed by atoms with E-state index in [4.69, 9.17) is 11.6 Å². The van der Waals surface area contributed by atoms with Crippen LogP contribution in [0.25, 0.3) is 10.9 Å². The van der Waals surface area contributed by atoms with Gasteiger partial charge in [0.05, 0.1) is 5.52 Å². The van der Waals surface area contributed by atoms with Gasteiger partial charge in [-0.1, -0.05) is 30.4 Å². The van der Waals surface area contributed by atoms with Crippen molar-refractivity contribution in [2.45, 2.75) is 5.03 Å². The van der Waals surface area contributed by atoms with Gasteiger partial charge < -0.3 is 0 Å². The lowest BCUT2D eigenvalue weighted by atomic mass is 10.2. The number of para-hydroxylation sites is 1. The zero-order valence-electron chi connectivity index (χ0n) is 8.69. The van der Waals surface area contributed by atoms with Crippen LogP contribution in [-0.2, 0) is 0 Å². The molecule has 82 valence electrons. The Bertz CT molecular complexity index is 508. The lowest BCUT2D eigenvalue weighted by Crippen LogP contribution is -1.90. The summed E-state index contributed by atoms with van der Waals surface area (Å²) in [5.41, 5.74) is 1.98. The maximum absolute atomic E-state index is 5.69. The summed E-state index contributed by atoms with van der Waals surface area (Å²) in [4.78, 5) is 8.50. The monoisotopic (exact) mass is 250 g/mol. The van der Waals surface area contributed by atoms with Gasteiger partial charge in [-0.05, 0) is 6.07 Å². The SMILES string of the molecule is C=C(CCl)CSc1ncnc2ccccc12. The van der Waals surface area contributed by atoms with Crippen LogP contribution >= 0.6 is 23.4 Å². The second-order valence-corrected chi connectivity index (χ2v) is 4.60. The van der Waals surface area contributed by atoms with Crippen LogP contribution in [0, 0.1) is 0 Å². The van der Waals surface area contributed by atoms with Crippen LogP contribution in [0.5, 0.6) is 0 Å². The highest BCUT2D eigenvalue weighted by molar-refractivity contribution is 7.99. The Morgan fingerprint density at radius 2 is 2.12 bits per heavy atom. The summed E-state index contributed by atoms with van der Waals surface area (Å²) in [6.45, 7) is 3.87. The van der Waals surface area contributed by atoms with Crippen molar-refractivity contribution in [1.82, 2.24) is 9.97 Å². The van der Waals surface area contributed by atoms with Gasteiger partial charge in [0.15, 0.2) is 0 Å². The molecular weight excluding hydrogens is 240 g/mol. The molecule has 0 saturated heterocycles. The maximum Gasteiger partial charge on any atom is 0.117 e. The van der Waals surface area contributed by atoms with Crippen molar-refractivity contribution in [2.24, 2.45) is 0 Å². The van der Waals surface area contributed by atoms with E-state index < -0.39 is 0 Å². The number of nitrogens with zero attached hydrogens (tertiary/aromatic N) is 2. The zero-order chi connectivity index (χ0) is 11.4. The first-order valence-corrected chi connectivity index (χ1v) is 6.38. The molecule has 0 fully saturated rings. The number of thioether (sulfide) groups is 1. The molecule has 0 radical (unpaired) electrons. The van der Waals surface area contributed by atoms with Gasteiger partial charge in [-0.25, -0.2) is 9.97 Å². The minimum Gasteiger partial charge on any atom is -0.236 e. The molecule has 0 aliphatic rings. The topological polar surface area (TPSA) is 25.8 Å². The van der Waals surface area contributed by atoms with Gasteiger partial charge in [-0.3, -0.25) is 0 Å². The quantitative estimate of drug-likeness (QED) is 0.359. The largest absolute Gasteiger partial charge is 0.236 e. The van der Waals surface area contributed by atoms with Gasteiger partial charge in [0.1, 0.15) is 11.4 Å². The second-order valence-electron chi connectivity index (χ2n) is 3.37. The van der Waals surface area contributed by atoms with Crippen molar-refractivity contribution in [2.75, 3.05) is 11.6 Å². The van der Waals surface area contributed by atoms with Crippen molar-refractivity contribution in [3.8, 4) is 0 Å². The van der Waals surface area contributed by atoms with E-state index >= 15 is 0 Å². The number of fused-ring (bicyclic) bond motifs is 1. The minimum absolute atomic E-state index is 0.496. The molecule has 0 atom stereocenters. The first-order chi connectivity index (χ1) is 7.81. The van der Waals surface area contributed by atoms with Crippen molar-refractivity contribution < 1.29 is 0 Å². The van der Waals surface area contributed by atoms with Crippen LogP contribution in [0.3, 0.4) is 0 Å². The number of alkyl halides is 1. The Hall–Kier alpha value is -1.06. The van der Waals surface area contributed by atoms with Crippen molar-refractivity contribution in [3.05, 3.63) is 42.7 Å². The van der Waals surface area contributed by atoms with Gasteiger partial charge in [0.25, 0.3) is 0 Å². The number of halogens is 1. The third-order valence-electron chi connectivity index (χ3n) is 2.11. The summed E-state index contributed by atoms with van der Waals surface area (Å²) in [5.74, 6) is 1.29. The van der Waals surface area contributed by atoms with Crippen molar-refractivity contribution in [3.63, 3.8) is 0 Å². The van der Waals surface area contributed by atoms with E-state index in [-0.39, 0.29) is 0 Å². The molecule has 16 heavy (non-hydrogen) atoms. The molecule has 0 spiro atoms. The normalized spacial score (nSPS) is 10.6. The molecule has 0 aliphatic heterocycles. The standard InChI is InChI=1S/C12H11ClN2S/c1-9(6-13)7-16-12-10-4-2-3-5-11(10)14-8-15-12/h2-5,8H,1,6-7H2. The van der Waals surface area contributed by atoms with E-state index in [9.17, 15) is 0 Å². The maximum atomic E-state index is 5.69. The summed E-state index contributed by atoms with van der Waals surface area (Å²) >= 11 is 7.34. The molecule has 1 aromatic carbocycles. The van der Waals surface area contributed by atoms with E-state index in [1.807, 2.05) is 24.3 Å². The molecule has 4 heteroatoms. The van der Waals surface area contributed by atoms with Crippen LogP contribution in [0.15, 0.2) is 47.8 Å². The minimum atomic E-state index is 0.496. The molecular formula is C12H11ClN2S. The first kappa shape index (κ1) is 11.4. The Kier molecular flexibility index (Phi) is 3.80. The van der Waals surface area contributed by atoms with Crippen LogP contribution < -0.4 is 0 Å². The van der Waals surface area contributed by atoms with Crippen LogP contribution in [0.1, 0.15) is 0 Å². The highest BCUT2D eigenvalue weighted by Gasteiger charge is 2.03. The number of rotatable bonds is 4. The van der Waals surface area contributed by atoms with Gasteiger partial charge >= 0.3 is 0 Å². The molecule has 2 rings (SSSR count). The predicted octanol–water partition coefficient (Wildman–Crippen LogP) is 3.52. The summed E-state index contributed by atoms with van der Waals surface area (Å²) in [7, 11) is 0. The predicted molar refractivity (Wildman–Crippen MR) is 70.1 cm³/mol. The Morgan fingerprint density at radius 3 is 2.94 bits per heavy atom. The van der Waals surface area contributed by atoms with E-state index in [2.05, 4.69) is 16.5 Å². The summed E-state index contributed by atoms with van der Waals surface area (Å²) < 4.78 is 0. The Labute approximate surface area is 104 Å². The van der Waals surface area contributed by atoms with E-state index in [0.717, 1.165) is 27.3 Å². The third-order valence-corrected chi connectivity index (χ3v) is 3.64. The molecule has 2 nitrogen and oxygen atoms in total. The Balaban J connectivity index is 2.27. The number of hydrogen-bond acceptors (Lipinski definition) is 3. The average Bonchev–Trinajstić information content (AvgIpc) is 2.35. The first-order valence-electron chi connectivity index (χ1n) is 4.86. The summed E-state index contributed by atoms with van der Waals surface area (Å²) in [6.07, 6.45) is 1.59. The molecule has 0 amide bonds. The average molecular weight is 251 g/mol. The summed E-state index contributed by atoms with van der Waals surface area (Å²) in [5, 5.41) is 2.06. The Morgan fingerprint density at radius 1 is 1.31 bits per heavy atom. The van der Waals surface area contributed by atoms with Gasteiger partial charge in [-0.15, -0.1) is 23.4 Å². The number of benzene rings is 1. The molecule has 0 unspecified atom stereocenters. The van der Waals surface area contributed by atoms with E-state index in [1.54, 1.807) is 18.1 Å². The second kappa shape index (κ2) is 5.32. The molecule has 1 aromatic heterocycles. The van der Waals surface area contributed by atoms with Gasteiger partial charge in [-0.2, -0.15) is 0 Å². The highest BCUT2D eigenvalue weighted by atomic mass is 35.5. The van der Waals surface area contributed by atoms with E-state index in [0.29, 0.717) is 5.88 Å². The lowest BCUT2D eigenvalue weighted by molar-refractivity contribution is 1.10. The van der Waals surface area contributed by atoms with Gasteiger partial charge in [0, 0.05) is 17.0 Å². The number of hydrogen-bond donors (Lipinski definition) is 0. The molecule has 2 aromatic rings. The number of aromatic nitrogens is 2. The molecule has 0 N–H and O–H groups in total. The fraction of sp³-hybridized carbons (Fsp3) is 0.167. The molecule has 0 saturated carbocycles. The fourth-order valence-electron chi connectivity index (χ4n) is 1.30. The highest BCUT2D eigenvalue weighted by Crippen LogP contribution is 2.25. The zero-order valence-corrected chi connectivity index (χ0v) is 10.3. The molecule has 0 aliphatic carbocycles. The fourth-order valence-corrected chi connectivity index (χ4v) is 2.40. The molecule has 0 bridgehead atoms. The van der Waals surface area contributed by atoms with Crippen LogP contribution in [0.4, 0.5) is 0 Å². The van der Waals surface area contributed by atoms with Crippen LogP contribution in [-0.4, -0.2) is 21.6 Å². The van der Waals surface area contributed by atoms with Crippen LogP contribution in [0.2, 0.25) is 0 Å². The lowest BCUT2D eigenvalue weighted by Gasteiger charge is -2.04. The van der Waals surface area contributed by atoms with Crippen molar-refractivity contribution >= 4 is 34.3 Å². The van der Waals surface area contributed by atoms with E-state index in [1.165, 1.54) is 0 Å². The summed E-state index contributed by atoms with van der Waals surface area (Å²) in [6, 6.07) is 7.98. The van der Waals surface area contributed by atoms with Gasteiger partial charge in [0.2, 0.25) is 0 Å². The smallest absolute Gasteiger partial charge is 0.117 e.